The number of anilines is 2. The summed E-state index contributed by atoms with van der Waals surface area (Å²) in [6.45, 7) is 1.56. The van der Waals surface area contributed by atoms with E-state index in [-0.39, 0.29) is 17.6 Å². The summed E-state index contributed by atoms with van der Waals surface area (Å²) in [4.78, 5) is 33.5. The number of rotatable bonds is 8. The predicted molar refractivity (Wildman–Crippen MR) is 130 cm³/mol. The van der Waals surface area contributed by atoms with Crippen molar-refractivity contribution in [2.45, 2.75) is 16.6 Å². The van der Waals surface area contributed by atoms with Crippen LogP contribution in [0.15, 0.2) is 82.9 Å². The first-order valence-corrected chi connectivity index (χ1v) is 11.3. The summed E-state index contributed by atoms with van der Waals surface area (Å²) in [6, 6.07) is 18.1. The van der Waals surface area contributed by atoms with Crippen molar-refractivity contribution in [3.8, 4) is 0 Å². The standard InChI is InChI=1S/C24H23N5O3S/c30-22(31)14-21(17-4-3-11-25-15-17)33-20-6-2-1-5-19(20)29-23(32)16-7-9-18(10-8-16)28-24-26-12-13-27-24/h1-11,15,21H,12-14H2,(H,29,32)(H,30,31)(H2,26,27,28). The number of carbonyl (C=O) groups excluding carboxylic acids is 1. The maximum Gasteiger partial charge on any atom is 0.304 e. The summed E-state index contributed by atoms with van der Waals surface area (Å²) in [7, 11) is 0. The molecule has 168 valence electrons. The van der Waals surface area contributed by atoms with Crippen molar-refractivity contribution in [3.05, 3.63) is 84.2 Å². The van der Waals surface area contributed by atoms with Crippen LogP contribution in [0, 0.1) is 0 Å². The minimum Gasteiger partial charge on any atom is -0.481 e. The molecule has 3 aromatic rings. The van der Waals surface area contributed by atoms with Crippen molar-refractivity contribution in [1.82, 2.24) is 10.3 Å². The highest BCUT2D eigenvalue weighted by atomic mass is 32.2. The number of benzene rings is 2. The summed E-state index contributed by atoms with van der Waals surface area (Å²) < 4.78 is 0. The van der Waals surface area contributed by atoms with Crippen LogP contribution < -0.4 is 16.0 Å². The first kappa shape index (κ1) is 22.3. The normalized spacial score (nSPS) is 13.5. The number of nitrogens with zero attached hydrogens (tertiary/aromatic N) is 2. The van der Waals surface area contributed by atoms with Gasteiger partial charge in [0.2, 0.25) is 0 Å². The Labute approximate surface area is 195 Å². The molecular formula is C24H23N5O3S. The van der Waals surface area contributed by atoms with Gasteiger partial charge in [-0.05, 0) is 48.0 Å². The van der Waals surface area contributed by atoms with Crippen molar-refractivity contribution in [3.63, 3.8) is 0 Å². The third-order valence-electron chi connectivity index (χ3n) is 4.90. The van der Waals surface area contributed by atoms with E-state index in [1.54, 1.807) is 36.7 Å². The molecule has 1 aliphatic rings. The summed E-state index contributed by atoms with van der Waals surface area (Å²) >= 11 is 1.39. The van der Waals surface area contributed by atoms with Gasteiger partial charge in [-0.2, -0.15) is 0 Å². The summed E-state index contributed by atoms with van der Waals surface area (Å²) in [6.07, 6.45) is 3.26. The van der Waals surface area contributed by atoms with Gasteiger partial charge in [-0.1, -0.05) is 18.2 Å². The van der Waals surface area contributed by atoms with Crippen molar-refractivity contribution in [2.24, 2.45) is 4.99 Å². The highest BCUT2D eigenvalue weighted by Crippen LogP contribution is 2.40. The van der Waals surface area contributed by atoms with Crippen molar-refractivity contribution in [2.75, 3.05) is 23.7 Å². The molecule has 0 bridgehead atoms. The molecule has 33 heavy (non-hydrogen) atoms. The zero-order valence-corrected chi connectivity index (χ0v) is 18.5. The van der Waals surface area contributed by atoms with Gasteiger partial charge in [-0.3, -0.25) is 19.6 Å². The van der Waals surface area contributed by atoms with Gasteiger partial charge >= 0.3 is 5.97 Å². The van der Waals surface area contributed by atoms with Crippen LogP contribution in [-0.4, -0.2) is 41.0 Å². The van der Waals surface area contributed by atoms with Gasteiger partial charge in [-0.15, -0.1) is 11.8 Å². The molecule has 1 atom stereocenters. The summed E-state index contributed by atoms with van der Waals surface area (Å²) in [5, 5.41) is 18.3. The summed E-state index contributed by atoms with van der Waals surface area (Å²) in [5.74, 6) is -0.421. The SMILES string of the molecule is O=C(O)CC(Sc1ccccc1NC(=O)c1ccc(NC2=NCCN2)cc1)c1cccnc1. The lowest BCUT2D eigenvalue weighted by atomic mass is 10.1. The third-order valence-corrected chi connectivity index (χ3v) is 6.24. The number of hydrogen-bond acceptors (Lipinski definition) is 7. The number of thioether (sulfide) groups is 1. The van der Waals surface area contributed by atoms with Crippen LogP contribution >= 0.6 is 11.8 Å². The van der Waals surface area contributed by atoms with Crippen LogP contribution in [0.3, 0.4) is 0 Å². The maximum atomic E-state index is 12.9. The van der Waals surface area contributed by atoms with E-state index in [1.807, 2.05) is 36.4 Å². The smallest absolute Gasteiger partial charge is 0.304 e. The van der Waals surface area contributed by atoms with E-state index in [1.165, 1.54) is 11.8 Å². The van der Waals surface area contributed by atoms with E-state index in [9.17, 15) is 14.7 Å². The number of aliphatic imine (C=N–C) groups is 1. The van der Waals surface area contributed by atoms with Crippen LogP contribution in [0.25, 0.3) is 0 Å². The van der Waals surface area contributed by atoms with Crippen molar-refractivity contribution < 1.29 is 14.7 Å². The number of para-hydroxylation sites is 1. The number of nitrogens with one attached hydrogen (secondary N) is 3. The van der Waals surface area contributed by atoms with E-state index >= 15 is 0 Å². The Morgan fingerprint density at radius 2 is 1.91 bits per heavy atom. The lowest BCUT2D eigenvalue weighted by Gasteiger charge is -2.17. The van der Waals surface area contributed by atoms with Gasteiger partial charge in [0, 0.05) is 40.3 Å². The molecule has 0 aliphatic carbocycles. The Balaban J connectivity index is 1.47. The second kappa shape index (κ2) is 10.6. The maximum absolute atomic E-state index is 12.9. The molecule has 1 unspecified atom stereocenters. The lowest BCUT2D eigenvalue weighted by Crippen LogP contribution is -2.26. The molecule has 9 heteroatoms. The Morgan fingerprint density at radius 1 is 1.09 bits per heavy atom. The number of pyridine rings is 1. The molecule has 0 saturated carbocycles. The Kier molecular flexibility index (Phi) is 7.21. The van der Waals surface area contributed by atoms with Gasteiger partial charge < -0.3 is 21.1 Å². The van der Waals surface area contributed by atoms with Gasteiger partial charge in [0.15, 0.2) is 5.96 Å². The average Bonchev–Trinajstić information content (AvgIpc) is 3.34. The van der Waals surface area contributed by atoms with Crippen LogP contribution in [0.1, 0.15) is 27.6 Å². The fourth-order valence-corrected chi connectivity index (χ4v) is 4.51. The number of amides is 1. The predicted octanol–water partition coefficient (Wildman–Crippen LogP) is 4.01. The molecular weight excluding hydrogens is 438 g/mol. The molecule has 8 nitrogen and oxygen atoms in total. The van der Waals surface area contributed by atoms with Crippen LogP contribution in [0.2, 0.25) is 0 Å². The molecule has 2 heterocycles. The van der Waals surface area contributed by atoms with Crippen molar-refractivity contribution >= 4 is 41.0 Å². The van der Waals surface area contributed by atoms with Gasteiger partial charge in [-0.25, -0.2) is 0 Å². The minimum atomic E-state index is -0.898. The number of aliphatic carboxylic acids is 1. The largest absolute Gasteiger partial charge is 0.481 e. The average molecular weight is 462 g/mol. The molecule has 0 saturated heterocycles. The Hall–Kier alpha value is -3.85. The molecule has 4 N–H and O–H groups in total. The van der Waals surface area contributed by atoms with Crippen LogP contribution in [-0.2, 0) is 4.79 Å². The summed E-state index contributed by atoms with van der Waals surface area (Å²) in [5.41, 5.74) is 2.79. The third kappa shape index (κ3) is 6.11. The highest BCUT2D eigenvalue weighted by Gasteiger charge is 2.19. The fraction of sp³-hybridized carbons (Fsp3) is 0.167. The first-order chi connectivity index (χ1) is 16.1. The molecule has 1 aliphatic heterocycles. The quantitative estimate of drug-likeness (QED) is 0.375. The number of carboxylic acid groups (broad SMARTS) is 1. The number of carboxylic acids is 1. The molecule has 1 amide bonds. The number of aromatic nitrogens is 1. The minimum absolute atomic E-state index is 0.0623. The fourth-order valence-electron chi connectivity index (χ4n) is 3.30. The number of hydrogen-bond donors (Lipinski definition) is 4. The van der Waals surface area contributed by atoms with E-state index < -0.39 is 5.97 Å². The Bertz CT molecular complexity index is 1150. The second-order valence-electron chi connectivity index (χ2n) is 7.30. The van der Waals surface area contributed by atoms with Gasteiger partial charge in [0.25, 0.3) is 5.91 Å². The van der Waals surface area contributed by atoms with E-state index in [2.05, 4.69) is 25.9 Å². The zero-order valence-electron chi connectivity index (χ0n) is 17.7. The topological polar surface area (TPSA) is 116 Å². The van der Waals surface area contributed by atoms with E-state index in [4.69, 9.17) is 0 Å². The monoisotopic (exact) mass is 461 g/mol. The zero-order chi connectivity index (χ0) is 23.0. The molecule has 0 spiro atoms. The first-order valence-electron chi connectivity index (χ1n) is 10.4. The molecule has 1 aromatic heterocycles. The van der Waals surface area contributed by atoms with Gasteiger partial charge in [0.1, 0.15) is 0 Å². The van der Waals surface area contributed by atoms with Crippen molar-refractivity contribution in [1.29, 1.82) is 0 Å². The molecule has 0 radical (unpaired) electrons. The number of guanidine groups is 1. The highest BCUT2D eigenvalue weighted by molar-refractivity contribution is 7.99. The number of carbonyl (C=O) groups is 2. The Morgan fingerprint density at radius 3 is 2.61 bits per heavy atom. The molecule has 4 rings (SSSR count). The lowest BCUT2D eigenvalue weighted by molar-refractivity contribution is -0.137. The van der Waals surface area contributed by atoms with Gasteiger partial charge in [0.05, 0.1) is 18.7 Å². The molecule has 2 aromatic carbocycles. The van der Waals surface area contributed by atoms with Crippen LogP contribution in [0.4, 0.5) is 11.4 Å². The molecule has 0 fully saturated rings. The van der Waals surface area contributed by atoms with E-state index in [0.717, 1.165) is 35.2 Å². The second-order valence-corrected chi connectivity index (χ2v) is 8.55. The van der Waals surface area contributed by atoms with E-state index in [0.29, 0.717) is 11.3 Å². The van der Waals surface area contributed by atoms with Crippen LogP contribution in [0.5, 0.6) is 0 Å².